The molecule has 0 aliphatic heterocycles. The molecule has 2 N–H and O–H groups in total. The molecule has 3 atom stereocenters. The highest BCUT2D eigenvalue weighted by molar-refractivity contribution is 7.45. The van der Waals surface area contributed by atoms with Crippen LogP contribution < -0.4 is 10.2 Å². The van der Waals surface area contributed by atoms with Crippen molar-refractivity contribution in [1.82, 2.24) is 5.32 Å². The first kappa shape index (κ1) is 70.7. The van der Waals surface area contributed by atoms with Crippen molar-refractivity contribution < 1.29 is 32.9 Å². The summed E-state index contributed by atoms with van der Waals surface area (Å²) in [7, 11) is 1.30. The van der Waals surface area contributed by atoms with E-state index in [1.807, 2.05) is 21.1 Å². The maximum Gasteiger partial charge on any atom is 0.268 e. The Hall–Kier alpha value is -2.32. The number of aliphatic hydroxyl groups excluding tert-OH is 1. The lowest BCUT2D eigenvalue weighted by Gasteiger charge is -2.30. The number of quaternary nitrogens is 1. The summed E-state index contributed by atoms with van der Waals surface area (Å²) in [6.07, 6.45) is 76.3. The number of allylic oxidation sites excluding steroid dienone is 14. The van der Waals surface area contributed by atoms with Crippen molar-refractivity contribution in [3.63, 3.8) is 0 Å². The molecule has 0 spiro atoms. The Labute approximate surface area is 452 Å². The summed E-state index contributed by atoms with van der Waals surface area (Å²) in [6, 6.07) is -0.803. The molecule has 0 aromatic rings. The van der Waals surface area contributed by atoms with Gasteiger partial charge in [-0.3, -0.25) is 9.36 Å². The van der Waals surface area contributed by atoms with E-state index >= 15 is 0 Å². The third-order valence-corrected chi connectivity index (χ3v) is 14.4. The van der Waals surface area contributed by atoms with Gasteiger partial charge in [0.05, 0.1) is 39.9 Å². The summed E-state index contributed by atoms with van der Waals surface area (Å²) in [6.45, 7) is 4.61. The third kappa shape index (κ3) is 57.2. The Morgan fingerprint density at radius 1 is 0.493 bits per heavy atom. The molecule has 424 valence electrons. The average molecular weight is 1040 g/mol. The largest absolute Gasteiger partial charge is 0.756 e. The number of hydrogen-bond donors (Lipinski definition) is 2. The Kier molecular flexibility index (Phi) is 52.7. The number of carbonyl (C=O) groups excluding carboxylic acids is 1. The van der Waals surface area contributed by atoms with Crippen molar-refractivity contribution in [1.29, 1.82) is 0 Å². The summed E-state index contributed by atoms with van der Waals surface area (Å²) in [5.41, 5.74) is 0. The lowest BCUT2D eigenvalue weighted by molar-refractivity contribution is -0.870. The van der Waals surface area contributed by atoms with E-state index in [9.17, 15) is 19.4 Å². The van der Waals surface area contributed by atoms with Crippen LogP contribution in [-0.2, 0) is 18.4 Å². The lowest BCUT2D eigenvalue weighted by atomic mass is 10.0. The lowest BCUT2D eigenvalue weighted by Crippen LogP contribution is -2.46. The summed E-state index contributed by atoms with van der Waals surface area (Å²) >= 11 is 0. The number of phosphoric ester groups is 1. The molecule has 0 aliphatic rings. The van der Waals surface area contributed by atoms with Gasteiger partial charge in [-0.05, 0) is 70.6 Å². The number of nitrogens with zero attached hydrogens (tertiary/aromatic N) is 1. The highest BCUT2D eigenvalue weighted by Gasteiger charge is 2.24. The molecule has 0 radical (unpaired) electrons. The van der Waals surface area contributed by atoms with E-state index in [1.165, 1.54) is 154 Å². The maximum absolute atomic E-state index is 13.0. The number of likely N-dealkylation sites (N-methyl/N-ethyl adjacent to an activating group) is 1. The topological polar surface area (TPSA) is 108 Å². The van der Waals surface area contributed by atoms with Gasteiger partial charge in [0.25, 0.3) is 7.82 Å². The minimum absolute atomic E-state index is 0.0105. The minimum Gasteiger partial charge on any atom is -0.756 e. The second-order valence-electron chi connectivity index (χ2n) is 21.7. The first-order valence-corrected chi connectivity index (χ1v) is 31.9. The van der Waals surface area contributed by atoms with Crippen LogP contribution in [0.2, 0.25) is 0 Å². The van der Waals surface area contributed by atoms with Gasteiger partial charge >= 0.3 is 0 Å². The second kappa shape index (κ2) is 54.5. The van der Waals surface area contributed by atoms with Crippen molar-refractivity contribution >= 4 is 13.7 Å². The Balaban J connectivity index is 4.01. The number of phosphoric acid groups is 1. The fourth-order valence-electron chi connectivity index (χ4n) is 8.67. The molecule has 0 saturated carbocycles. The van der Waals surface area contributed by atoms with Crippen molar-refractivity contribution in [2.45, 2.75) is 276 Å². The molecule has 9 heteroatoms. The number of unbranched alkanes of at least 4 members (excludes halogenated alkanes) is 28. The minimum atomic E-state index is -4.57. The van der Waals surface area contributed by atoms with Gasteiger partial charge in [0.1, 0.15) is 13.2 Å². The van der Waals surface area contributed by atoms with E-state index in [2.05, 4.69) is 104 Å². The average Bonchev–Trinajstić information content (AvgIpc) is 3.35. The molecule has 0 fully saturated rings. The zero-order chi connectivity index (χ0) is 53.5. The monoisotopic (exact) mass is 1040 g/mol. The number of hydrogen-bond acceptors (Lipinski definition) is 6. The molecule has 0 rings (SSSR count). The van der Waals surface area contributed by atoms with Crippen molar-refractivity contribution in [2.75, 3.05) is 40.9 Å². The van der Waals surface area contributed by atoms with Gasteiger partial charge in [0.2, 0.25) is 5.91 Å². The zero-order valence-electron chi connectivity index (χ0n) is 48.3. The number of nitrogens with one attached hydrogen (secondary N) is 1. The molecule has 0 bridgehead atoms. The first-order chi connectivity index (χ1) is 35.5. The van der Waals surface area contributed by atoms with Gasteiger partial charge in [0, 0.05) is 6.42 Å². The van der Waals surface area contributed by atoms with Gasteiger partial charge in [-0.25, -0.2) is 0 Å². The SMILES string of the molecule is CC/C=C\C/C=C\C/C=C\C/C=C\C/C=C\C/C=C\C/C=C\CCCCCCCCCCCCCCCCCC(=O)NC(COP(=O)([O-])OCC[N+](C)(C)C)C(O)CCCCCCCCCCCCCCCC. The van der Waals surface area contributed by atoms with Crippen LogP contribution in [0.15, 0.2) is 85.1 Å². The molecule has 0 saturated heterocycles. The normalized spacial score (nSPS) is 14.5. The van der Waals surface area contributed by atoms with Crippen LogP contribution in [0.1, 0.15) is 264 Å². The van der Waals surface area contributed by atoms with Crippen molar-refractivity contribution in [3.8, 4) is 0 Å². The van der Waals surface area contributed by atoms with Crippen molar-refractivity contribution in [2.24, 2.45) is 0 Å². The second-order valence-corrected chi connectivity index (χ2v) is 23.1. The summed E-state index contributed by atoms with van der Waals surface area (Å²) < 4.78 is 23.4. The summed E-state index contributed by atoms with van der Waals surface area (Å²) in [4.78, 5) is 25.5. The number of amides is 1. The predicted molar refractivity (Wildman–Crippen MR) is 316 cm³/mol. The molecule has 0 aromatic carbocycles. The maximum atomic E-state index is 13.0. The Bertz CT molecular complexity index is 1460. The number of aliphatic hydroxyl groups is 1. The number of rotatable bonds is 55. The quantitative estimate of drug-likeness (QED) is 0.0272. The highest BCUT2D eigenvalue weighted by Crippen LogP contribution is 2.38. The van der Waals surface area contributed by atoms with Crippen LogP contribution in [0.25, 0.3) is 0 Å². The van der Waals surface area contributed by atoms with E-state index in [1.54, 1.807) is 0 Å². The van der Waals surface area contributed by atoms with E-state index < -0.39 is 20.0 Å². The van der Waals surface area contributed by atoms with Gasteiger partial charge < -0.3 is 28.8 Å². The van der Waals surface area contributed by atoms with Crippen LogP contribution in [0.3, 0.4) is 0 Å². The molecular weight excluding hydrogens is 924 g/mol. The molecule has 1 amide bonds. The van der Waals surface area contributed by atoms with Crippen molar-refractivity contribution in [3.05, 3.63) is 85.1 Å². The van der Waals surface area contributed by atoms with Crippen LogP contribution in [0.5, 0.6) is 0 Å². The zero-order valence-corrected chi connectivity index (χ0v) is 49.2. The summed E-state index contributed by atoms with van der Waals surface area (Å²) in [5.74, 6) is -0.166. The van der Waals surface area contributed by atoms with Gasteiger partial charge in [0.15, 0.2) is 0 Å². The smallest absolute Gasteiger partial charge is 0.268 e. The van der Waals surface area contributed by atoms with Gasteiger partial charge in [-0.15, -0.1) is 0 Å². The molecule has 3 unspecified atom stereocenters. The van der Waals surface area contributed by atoms with E-state index in [0.717, 1.165) is 83.5 Å². The first-order valence-electron chi connectivity index (χ1n) is 30.4. The van der Waals surface area contributed by atoms with Crippen LogP contribution >= 0.6 is 7.82 Å². The standard InChI is InChI=1S/C64H117N2O6P/c1-6-8-10-12-14-16-18-20-22-23-24-25-26-27-28-29-30-31-32-33-34-35-36-37-38-39-40-41-42-43-44-46-48-50-52-54-56-58-64(68)65-62(61-72-73(69,70)71-60-59-66(3,4)5)63(67)57-55-53-51-49-47-45-21-19-17-15-13-11-9-7-2/h8,10,14,16,20,22,24-25,27-28,30-31,33-34,62-63,67H,6-7,9,11-13,15,17-19,21,23,26,29,32,35-61H2,1-5H3,(H-,65,68,69,70)/b10-8-,16-14-,22-20-,25-24-,28-27-,31-30-,34-33-. The molecule has 73 heavy (non-hydrogen) atoms. The third-order valence-electron chi connectivity index (χ3n) is 13.4. The van der Waals surface area contributed by atoms with Gasteiger partial charge in [-0.2, -0.15) is 0 Å². The summed E-state index contributed by atoms with van der Waals surface area (Å²) in [5, 5.41) is 14.0. The van der Waals surface area contributed by atoms with Crippen LogP contribution in [0.4, 0.5) is 0 Å². The van der Waals surface area contributed by atoms with E-state index in [-0.39, 0.29) is 19.1 Å². The Morgan fingerprint density at radius 3 is 1.22 bits per heavy atom. The predicted octanol–water partition coefficient (Wildman–Crippen LogP) is 18.2. The van der Waals surface area contributed by atoms with E-state index in [4.69, 9.17) is 9.05 Å². The fourth-order valence-corrected chi connectivity index (χ4v) is 9.39. The van der Waals surface area contributed by atoms with Gasteiger partial charge in [-0.1, -0.05) is 272 Å². The van der Waals surface area contributed by atoms with Crippen LogP contribution in [0, 0.1) is 0 Å². The highest BCUT2D eigenvalue weighted by atomic mass is 31.2. The number of carbonyl (C=O) groups is 1. The fraction of sp³-hybridized carbons (Fsp3) is 0.766. The molecule has 0 heterocycles. The molecular formula is C64H117N2O6P. The van der Waals surface area contributed by atoms with E-state index in [0.29, 0.717) is 23.9 Å². The van der Waals surface area contributed by atoms with Crippen LogP contribution in [-0.4, -0.2) is 68.5 Å². The molecule has 0 aliphatic carbocycles. The Morgan fingerprint density at radius 2 is 0.836 bits per heavy atom. The molecule has 0 aromatic heterocycles. The molecule has 8 nitrogen and oxygen atoms in total.